The molecule has 0 saturated carbocycles. The van der Waals surface area contributed by atoms with Gasteiger partial charge in [0, 0.05) is 43.0 Å². The zero-order chi connectivity index (χ0) is 44.2. The summed E-state index contributed by atoms with van der Waals surface area (Å²) >= 11 is 0. The third-order valence-electron chi connectivity index (χ3n) is 11.2. The Labute approximate surface area is 357 Å². The number of ether oxygens (including phenoxy) is 2. The predicted molar refractivity (Wildman–Crippen MR) is 233 cm³/mol. The minimum Gasteiger partial charge on any atom is -0.462 e. The van der Waals surface area contributed by atoms with Crippen LogP contribution < -0.4 is 24.6 Å². The summed E-state index contributed by atoms with van der Waals surface area (Å²) in [6.07, 6.45) is 10.9. The van der Waals surface area contributed by atoms with Crippen molar-refractivity contribution in [3.63, 3.8) is 0 Å². The number of alkyl halides is 1. The third-order valence-corrected chi connectivity index (χ3v) is 13.0. The van der Waals surface area contributed by atoms with Gasteiger partial charge in [-0.3, -0.25) is 19.0 Å². The van der Waals surface area contributed by atoms with Gasteiger partial charge in [-0.15, -0.1) is 6.42 Å². The van der Waals surface area contributed by atoms with Crippen LogP contribution in [0.15, 0.2) is 36.9 Å². The van der Waals surface area contributed by atoms with Crippen LogP contribution in [-0.4, -0.2) is 96.0 Å². The van der Waals surface area contributed by atoms with Crippen LogP contribution in [0.25, 0.3) is 22.4 Å². The number of likely N-dealkylation sites (N-methyl/N-ethyl adjacent to an activating group) is 1. The molecule has 1 aliphatic carbocycles. The number of rotatable bonds is 15. The second-order valence-electron chi connectivity index (χ2n) is 16.9. The van der Waals surface area contributed by atoms with Crippen molar-refractivity contribution in [3.05, 3.63) is 65.1 Å². The van der Waals surface area contributed by atoms with Gasteiger partial charge in [0.05, 0.1) is 29.0 Å². The molecule has 61 heavy (non-hydrogen) atoms. The third kappa shape index (κ3) is 10.8. The minimum absolute atomic E-state index is 0.0419. The summed E-state index contributed by atoms with van der Waals surface area (Å²) in [4.78, 5) is 39.1. The number of terminal acetylenes is 1. The Morgan fingerprint density at radius 1 is 1.13 bits per heavy atom. The fourth-order valence-corrected chi connectivity index (χ4v) is 9.83. The number of carbonyl (C=O) groups is 2. The number of esters is 1. The Bertz CT molecular complexity index is 2280. The minimum atomic E-state index is -4.24. The number of allylic oxidation sites excluding steroid dienone is 1. The Morgan fingerprint density at radius 2 is 1.90 bits per heavy atom. The van der Waals surface area contributed by atoms with Crippen molar-refractivity contribution >= 4 is 47.9 Å². The van der Waals surface area contributed by atoms with Crippen molar-refractivity contribution in [2.45, 2.75) is 116 Å². The number of likely N-dealkylation sites (tertiary alicyclic amines) is 1. The fourth-order valence-electron chi connectivity index (χ4n) is 8.16. The number of fused-ring (bicyclic) bond motifs is 2. The van der Waals surface area contributed by atoms with Crippen LogP contribution in [0, 0.1) is 18.2 Å². The van der Waals surface area contributed by atoms with Gasteiger partial charge in [0.25, 0.3) is 0 Å². The van der Waals surface area contributed by atoms with E-state index in [-0.39, 0.29) is 35.9 Å². The average molecular weight is 863 g/mol. The number of nitrogens with one attached hydrogen (secondary N) is 2. The zero-order valence-corrected chi connectivity index (χ0v) is 37.0. The highest BCUT2D eigenvalue weighted by Gasteiger charge is 2.41. The highest BCUT2D eigenvalue weighted by molar-refractivity contribution is 7.52. The van der Waals surface area contributed by atoms with E-state index in [4.69, 9.17) is 34.9 Å². The number of anilines is 1. The number of nitrogens with zero attached hydrogens (tertiary/aromatic N) is 4. The summed E-state index contributed by atoms with van der Waals surface area (Å²) in [5.41, 5.74) is 2.14. The summed E-state index contributed by atoms with van der Waals surface area (Å²) < 4.78 is 68.0. The average Bonchev–Trinajstić information content (AvgIpc) is 3.30. The monoisotopic (exact) mass is 862 g/mol. The van der Waals surface area contributed by atoms with Crippen molar-refractivity contribution < 1.29 is 41.5 Å². The van der Waals surface area contributed by atoms with Gasteiger partial charge >= 0.3 is 19.7 Å². The molecule has 0 bridgehead atoms. The molecule has 2 N–H and O–H groups in total. The first-order valence-corrected chi connectivity index (χ1v) is 22.4. The van der Waals surface area contributed by atoms with Gasteiger partial charge in [0.1, 0.15) is 36.2 Å². The summed E-state index contributed by atoms with van der Waals surface area (Å²) in [5.74, 6) is 1.84. The second-order valence-corrected chi connectivity index (χ2v) is 18.5. The lowest BCUT2D eigenvalue weighted by atomic mass is 9.87. The van der Waals surface area contributed by atoms with Gasteiger partial charge in [-0.25, -0.2) is 13.3 Å². The van der Waals surface area contributed by atoms with Crippen molar-refractivity contribution in [1.29, 1.82) is 0 Å². The van der Waals surface area contributed by atoms with E-state index in [1.165, 1.54) is 19.1 Å². The molecule has 13 nitrogen and oxygen atoms in total. The molecule has 2 fully saturated rings. The smallest absolute Gasteiger partial charge is 0.459 e. The molecule has 0 radical (unpaired) electrons. The highest BCUT2D eigenvalue weighted by atomic mass is 31.2. The number of halogens is 2. The van der Waals surface area contributed by atoms with Crippen molar-refractivity contribution in [1.82, 2.24) is 25.3 Å². The van der Waals surface area contributed by atoms with E-state index in [1.54, 1.807) is 45.9 Å². The fraction of sp³-hybridized carbons (Fsp3) is 0.511. The molecule has 328 valence electrons. The van der Waals surface area contributed by atoms with Crippen LogP contribution in [0.1, 0.15) is 96.0 Å². The number of benzene rings is 2. The van der Waals surface area contributed by atoms with E-state index in [1.807, 2.05) is 24.9 Å². The largest absolute Gasteiger partial charge is 0.462 e. The van der Waals surface area contributed by atoms with Gasteiger partial charge in [0.15, 0.2) is 0 Å². The lowest BCUT2D eigenvalue weighted by molar-refractivity contribution is -0.149. The van der Waals surface area contributed by atoms with Gasteiger partial charge in [-0.2, -0.15) is 15.1 Å². The Morgan fingerprint density at radius 3 is 2.57 bits per heavy atom. The lowest BCUT2D eigenvalue weighted by Gasteiger charge is -2.32. The molecule has 2 unspecified atom stereocenters. The first-order valence-electron chi connectivity index (χ1n) is 20.9. The first-order chi connectivity index (χ1) is 28.9. The molecule has 3 aromatic rings. The maximum atomic E-state index is 15.5. The molecule has 5 atom stereocenters. The second kappa shape index (κ2) is 19.0. The Hall–Kier alpha value is -4.87. The maximum absolute atomic E-state index is 15.5. The van der Waals surface area contributed by atoms with Crippen LogP contribution in [0.2, 0.25) is 0 Å². The quantitative estimate of drug-likeness (QED) is 0.0674. The van der Waals surface area contributed by atoms with Crippen molar-refractivity contribution in [3.8, 4) is 24.1 Å². The molecule has 6 rings (SSSR count). The molecule has 2 aliphatic heterocycles. The number of aromatic nitrogens is 2. The number of carbonyl (C=O) groups excluding carboxylic acids is 2. The Kier molecular flexibility index (Phi) is 14.2. The van der Waals surface area contributed by atoms with Gasteiger partial charge in [-0.05, 0) is 128 Å². The van der Waals surface area contributed by atoms with Crippen LogP contribution in [0.5, 0.6) is 11.8 Å². The maximum Gasteiger partial charge on any atom is 0.459 e. The molecular formula is C45H57F2N6O7P. The zero-order valence-electron chi connectivity index (χ0n) is 36.1. The molecular weight excluding hydrogens is 805 g/mol. The summed E-state index contributed by atoms with van der Waals surface area (Å²) in [7, 11) is -2.37. The molecule has 16 heteroatoms. The van der Waals surface area contributed by atoms with Gasteiger partial charge < -0.3 is 24.2 Å². The first kappa shape index (κ1) is 45.7. The van der Waals surface area contributed by atoms with Crippen LogP contribution >= 0.6 is 7.75 Å². The molecule has 2 aromatic carbocycles. The number of hydrogen-bond donors (Lipinski definition) is 2. The van der Waals surface area contributed by atoms with E-state index in [9.17, 15) is 18.5 Å². The van der Waals surface area contributed by atoms with E-state index in [0.717, 1.165) is 30.4 Å². The lowest BCUT2D eigenvalue weighted by Crippen LogP contribution is -2.44. The van der Waals surface area contributed by atoms with Crippen LogP contribution in [-0.2, 0) is 29.8 Å². The van der Waals surface area contributed by atoms with Gasteiger partial charge in [0.2, 0.25) is 5.91 Å². The standard InChI is InChI=1S/C45H57F2N6O7P/c1-10-35-38(47)18-16-31-20-34(60-61(56,59-28(5)6)51-29(7)43(55)58-27(3)4)22-37(41(31)35)30-15-17-36-39(21-30)49-44(57-26-45(8)23-32(46)24-52(45)9)50-42(36)53-19-13-12-14-33(25-53)48-40(54)11-2/h1,11,16,18,20-22,27-29,32-33H,2,12-15,17,19,23-26H2,3-9H3,(H,48,54)(H,51,56)/t29-,32+,33?,45-,61?/m0/s1. The van der Waals surface area contributed by atoms with E-state index in [2.05, 4.69) is 27.8 Å². The Balaban J connectivity index is 1.46. The molecule has 3 heterocycles. The molecule has 0 spiro atoms. The van der Waals surface area contributed by atoms with Gasteiger partial charge in [-0.1, -0.05) is 18.6 Å². The summed E-state index contributed by atoms with van der Waals surface area (Å²) in [6.45, 7) is 15.5. The molecule has 1 aromatic heterocycles. The summed E-state index contributed by atoms with van der Waals surface area (Å²) in [5, 5.41) is 6.73. The normalized spacial score (nSPS) is 22.1. The van der Waals surface area contributed by atoms with E-state index < -0.39 is 49.5 Å². The summed E-state index contributed by atoms with van der Waals surface area (Å²) in [6, 6.07) is 4.99. The van der Waals surface area contributed by atoms with Crippen LogP contribution in [0.4, 0.5) is 14.6 Å². The number of amides is 1. The van der Waals surface area contributed by atoms with E-state index in [0.29, 0.717) is 66.7 Å². The van der Waals surface area contributed by atoms with Crippen molar-refractivity contribution in [2.24, 2.45) is 0 Å². The SMILES string of the molecule is C#Cc1c(F)ccc2cc(OP(=O)(N[C@@H](C)C(=O)OC(C)C)OC(C)C)cc(C3=Cc4nc(OC[C@]5(C)C[C@@H](F)CN5C)nc(N5CCCCC(NC(=O)C=C)C5)c4CC3)c12. The predicted octanol–water partition coefficient (Wildman–Crippen LogP) is 7.55. The topological polar surface area (TPSA) is 144 Å². The number of hydrogen-bond acceptors (Lipinski definition) is 11. The van der Waals surface area contributed by atoms with Crippen molar-refractivity contribution in [2.75, 3.05) is 38.2 Å². The highest BCUT2D eigenvalue weighted by Crippen LogP contribution is 2.48. The molecule has 3 aliphatic rings. The molecule has 1 amide bonds. The van der Waals surface area contributed by atoms with Crippen LogP contribution in [0.3, 0.4) is 0 Å². The van der Waals surface area contributed by atoms with E-state index >= 15 is 4.39 Å². The molecule has 2 saturated heterocycles.